The third kappa shape index (κ3) is 1.32. The number of hydrogen-bond acceptors (Lipinski definition) is 2. The Morgan fingerprint density at radius 2 is 2.23 bits per heavy atom. The molecule has 3 fully saturated rings. The predicted octanol–water partition coefficient (Wildman–Crippen LogP) is 1.18. The molecular formula is C10H16O2S. The lowest BCUT2D eigenvalue weighted by Crippen LogP contribution is -2.20. The minimum atomic E-state index is -0.602. The molecule has 0 aromatic rings. The summed E-state index contributed by atoms with van der Waals surface area (Å²) in [5.41, 5.74) is 0. The van der Waals surface area contributed by atoms with Crippen molar-refractivity contribution in [3.8, 4) is 0 Å². The van der Waals surface area contributed by atoms with Gasteiger partial charge in [0, 0.05) is 0 Å². The van der Waals surface area contributed by atoms with E-state index in [2.05, 4.69) is 0 Å². The molecule has 2 bridgehead atoms. The zero-order valence-electron chi connectivity index (χ0n) is 7.94. The molecule has 74 valence electrons. The highest BCUT2D eigenvalue weighted by molar-refractivity contribution is 7.90. The monoisotopic (exact) mass is 200 g/mol. The van der Waals surface area contributed by atoms with Crippen molar-refractivity contribution in [2.24, 2.45) is 17.8 Å². The highest BCUT2D eigenvalue weighted by atomic mass is 32.2. The van der Waals surface area contributed by atoms with E-state index in [0.29, 0.717) is 12.2 Å². The lowest BCUT2D eigenvalue weighted by atomic mass is 9.87. The fourth-order valence-corrected chi connectivity index (χ4v) is 4.02. The van der Waals surface area contributed by atoms with Gasteiger partial charge in [0.05, 0.1) is 18.5 Å². The van der Waals surface area contributed by atoms with Crippen LogP contribution in [0.2, 0.25) is 0 Å². The van der Waals surface area contributed by atoms with Crippen LogP contribution in [0.4, 0.5) is 0 Å². The zero-order chi connectivity index (χ0) is 9.00. The maximum Gasteiger partial charge on any atom is 0.105 e. The van der Waals surface area contributed by atoms with Crippen molar-refractivity contribution in [3.63, 3.8) is 0 Å². The van der Waals surface area contributed by atoms with Crippen LogP contribution in [-0.4, -0.2) is 28.8 Å². The van der Waals surface area contributed by atoms with Crippen molar-refractivity contribution in [2.75, 3.05) is 12.0 Å². The predicted molar refractivity (Wildman–Crippen MR) is 51.9 cm³/mol. The van der Waals surface area contributed by atoms with Gasteiger partial charge in [0.1, 0.15) is 5.75 Å². The highest BCUT2D eigenvalue weighted by Crippen LogP contribution is 2.59. The Labute approximate surface area is 82.2 Å². The molecule has 3 aliphatic rings. The van der Waals surface area contributed by atoms with E-state index in [1.165, 1.54) is 12.8 Å². The van der Waals surface area contributed by atoms with Crippen molar-refractivity contribution in [1.29, 1.82) is 0 Å². The third-order valence-corrected chi connectivity index (χ3v) is 4.82. The number of epoxide rings is 1. The molecule has 2 aliphatic carbocycles. The quantitative estimate of drug-likeness (QED) is 0.506. The van der Waals surface area contributed by atoms with Gasteiger partial charge in [0.2, 0.25) is 0 Å². The van der Waals surface area contributed by atoms with Crippen LogP contribution < -0.4 is 0 Å². The van der Waals surface area contributed by atoms with Gasteiger partial charge in [-0.15, -0.1) is 0 Å². The second-order valence-electron chi connectivity index (χ2n) is 4.79. The molecule has 3 heteroatoms. The van der Waals surface area contributed by atoms with E-state index in [1.807, 2.05) is 6.26 Å². The average Bonchev–Trinajstić information content (AvgIpc) is 2.70. The summed E-state index contributed by atoms with van der Waals surface area (Å²) in [6.45, 7) is 0. The van der Waals surface area contributed by atoms with E-state index in [9.17, 15) is 4.55 Å². The first-order chi connectivity index (χ1) is 6.25. The second-order valence-corrected chi connectivity index (χ2v) is 6.34. The Kier molecular flexibility index (Phi) is 1.90. The fourth-order valence-electron chi connectivity index (χ4n) is 3.38. The zero-order valence-corrected chi connectivity index (χ0v) is 8.76. The molecule has 0 amide bonds. The lowest BCUT2D eigenvalue weighted by Gasteiger charge is -2.18. The lowest BCUT2D eigenvalue weighted by molar-refractivity contribution is 0.249. The Hall–Kier alpha value is 0.270. The molecule has 0 spiro atoms. The van der Waals surface area contributed by atoms with Gasteiger partial charge in [-0.25, -0.2) is 0 Å². The average molecular weight is 200 g/mol. The Bertz CT molecular complexity index is 219. The van der Waals surface area contributed by atoms with Gasteiger partial charge in [-0.2, -0.15) is 0 Å². The standard InChI is InChI=1S/C10H16O2S/c1-13(11)3-2-6-4-7-5-8(6)10-9(7)12-10/h6-10H,2-5H2,1H3. The molecule has 2 saturated carbocycles. The van der Waals surface area contributed by atoms with Crippen LogP contribution in [0, 0.1) is 17.8 Å². The highest BCUT2D eigenvalue weighted by Gasteiger charge is 2.62. The Morgan fingerprint density at radius 3 is 2.85 bits per heavy atom. The first-order valence-electron chi connectivity index (χ1n) is 5.21. The topological polar surface area (TPSA) is 35.6 Å². The Balaban J connectivity index is 1.56. The molecule has 2 nitrogen and oxygen atoms in total. The fraction of sp³-hybridized carbons (Fsp3) is 1.00. The summed E-state index contributed by atoms with van der Waals surface area (Å²) in [6, 6.07) is 0. The SMILES string of the molecule is C[S+]([O-])CCC1CC2CC1C1OC21. The van der Waals surface area contributed by atoms with Gasteiger partial charge in [0.15, 0.2) is 0 Å². The Morgan fingerprint density at radius 1 is 1.38 bits per heavy atom. The van der Waals surface area contributed by atoms with Gasteiger partial charge in [0.25, 0.3) is 0 Å². The first kappa shape index (κ1) is 8.57. The minimum Gasteiger partial charge on any atom is -0.617 e. The van der Waals surface area contributed by atoms with Crippen molar-refractivity contribution < 1.29 is 9.29 Å². The summed E-state index contributed by atoms with van der Waals surface area (Å²) in [7, 11) is 0. The number of rotatable bonds is 3. The van der Waals surface area contributed by atoms with Crippen molar-refractivity contribution in [1.82, 2.24) is 0 Å². The summed E-state index contributed by atoms with van der Waals surface area (Å²) >= 11 is -0.602. The van der Waals surface area contributed by atoms with Crippen LogP contribution in [0.3, 0.4) is 0 Å². The molecule has 1 aliphatic heterocycles. The summed E-state index contributed by atoms with van der Waals surface area (Å²) in [6.07, 6.45) is 6.99. The summed E-state index contributed by atoms with van der Waals surface area (Å²) in [4.78, 5) is 0. The van der Waals surface area contributed by atoms with Crippen LogP contribution in [-0.2, 0) is 15.9 Å². The van der Waals surface area contributed by atoms with Crippen molar-refractivity contribution >= 4 is 11.2 Å². The maximum absolute atomic E-state index is 11.0. The van der Waals surface area contributed by atoms with Gasteiger partial charge >= 0.3 is 0 Å². The molecule has 1 heterocycles. The van der Waals surface area contributed by atoms with E-state index < -0.39 is 11.2 Å². The van der Waals surface area contributed by atoms with E-state index in [0.717, 1.165) is 29.9 Å². The molecule has 3 rings (SSSR count). The van der Waals surface area contributed by atoms with Gasteiger partial charge in [-0.3, -0.25) is 0 Å². The summed E-state index contributed by atoms with van der Waals surface area (Å²) < 4.78 is 16.6. The number of ether oxygens (including phenoxy) is 1. The van der Waals surface area contributed by atoms with E-state index in [-0.39, 0.29) is 0 Å². The largest absolute Gasteiger partial charge is 0.617 e. The number of hydrogen-bond donors (Lipinski definition) is 0. The van der Waals surface area contributed by atoms with Crippen LogP contribution in [0.1, 0.15) is 19.3 Å². The molecular weight excluding hydrogens is 184 g/mol. The molecule has 13 heavy (non-hydrogen) atoms. The number of fused-ring (bicyclic) bond motifs is 5. The van der Waals surface area contributed by atoms with E-state index in [4.69, 9.17) is 4.74 Å². The molecule has 6 unspecified atom stereocenters. The van der Waals surface area contributed by atoms with Crippen LogP contribution in [0.5, 0.6) is 0 Å². The minimum absolute atomic E-state index is 0.602. The van der Waals surface area contributed by atoms with Crippen LogP contribution in [0.15, 0.2) is 0 Å². The summed E-state index contributed by atoms with van der Waals surface area (Å²) in [5.74, 6) is 3.42. The van der Waals surface area contributed by atoms with Crippen LogP contribution in [0.25, 0.3) is 0 Å². The molecule has 0 aromatic heterocycles. The first-order valence-corrected chi connectivity index (χ1v) is 6.94. The molecule has 0 aromatic carbocycles. The third-order valence-electron chi connectivity index (χ3n) is 4.01. The van der Waals surface area contributed by atoms with Crippen LogP contribution >= 0.6 is 0 Å². The normalized spacial score (nSPS) is 53.5. The van der Waals surface area contributed by atoms with Crippen molar-refractivity contribution in [3.05, 3.63) is 0 Å². The van der Waals surface area contributed by atoms with E-state index in [1.54, 1.807) is 0 Å². The molecule has 6 atom stereocenters. The maximum atomic E-state index is 11.0. The molecule has 0 N–H and O–H groups in total. The van der Waals surface area contributed by atoms with Gasteiger partial charge in [-0.1, -0.05) is 11.2 Å². The molecule has 0 radical (unpaired) electrons. The van der Waals surface area contributed by atoms with Gasteiger partial charge in [-0.05, 0) is 37.0 Å². The second kappa shape index (κ2) is 2.88. The van der Waals surface area contributed by atoms with E-state index >= 15 is 0 Å². The smallest absolute Gasteiger partial charge is 0.105 e. The summed E-state index contributed by atoms with van der Waals surface area (Å²) in [5, 5.41) is 0. The van der Waals surface area contributed by atoms with Gasteiger partial charge < -0.3 is 9.29 Å². The van der Waals surface area contributed by atoms with Crippen molar-refractivity contribution in [2.45, 2.75) is 31.5 Å². The molecule has 1 saturated heterocycles.